The number of hydrogen-bond donors (Lipinski definition) is 2. The van der Waals surface area contributed by atoms with Crippen LogP contribution in [0.15, 0.2) is 60.8 Å². The standard InChI is InChI=1S/C26H29N7O3/c1-3-14-32-15-12-21(17-32)31(2)19-9-7-18(8-10-19)28-26-29-24-23(11-13-27-24)25(30-26)36-22-6-4-5-20(16-22)33(34)35/h4-11,13,16,21H,3,12,14-15,17H2,1-2H3,(H2,27,28,29,30)/t21-/m0/s1. The van der Waals surface area contributed by atoms with Crippen molar-refractivity contribution >= 4 is 34.0 Å². The number of rotatable bonds is 9. The molecular formula is C26H29N7O3. The Bertz CT molecular complexity index is 1360. The van der Waals surface area contributed by atoms with Crippen LogP contribution in [0.2, 0.25) is 0 Å². The first-order valence-electron chi connectivity index (χ1n) is 12.1. The Hall–Kier alpha value is -4.18. The Balaban J connectivity index is 1.32. The fraction of sp³-hybridized carbons (Fsp3) is 0.308. The van der Waals surface area contributed by atoms with Crippen molar-refractivity contribution in [2.45, 2.75) is 25.8 Å². The SMILES string of the molecule is CCCN1CC[C@H](N(C)c2ccc(Nc3nc(Oc4cccc([N+](=O)[O-])c4)c4cc[nH]c4n3)cc2)C1. The van der Waals surface area contributed by atoms with Gasteiger partial charge in [0.15, 0.2) is 0 Å². The minimum Gasteiger partial charge on any atom is -0.438 e. The highest BCUT2D eigenvalue weighted by atomic mass is 16.6. The van der Waals surface area contributed by atoms with Gasteiger partial charge in [-0.3, -0.25) is 10.1 Å². The highest BCUT2D eigenvalue weighted by Gasteiger charge is 2.25. The molecular weight excluding hydrogens is 458 g/mol. The molecule has 186 valence electrons. The second-order valence-corrected chi connectivity index (χ2v) is 8.97. The van der Waals surface area contributed by atoms with E-state index in [1.54, 1.807) is 24.4 Å². The Kier molecular flexibility index (Phi) is 6.68. The Morgan fingerprint density at radius 3 is 2.83 bits per heavy atom. The molecule has 1 saturated heterocycles. The van der Waals surface area contributed by atoms with E-state index in [0.29, 0.717) is 34.7 Å². The molecule has 1 aliphatic rings. The number of anilines is 3. The molecule has 0 radical (unpaired) electrons. The second kappa shape index (κ2) is 10.2. The summed E-state index contributed by atoms with van der Waals surface area (Å²) in [6.07, 6.45) is 4.11. The largest absolute Gasteiger partial charge is 0.438 e. The molecule has 1 fully saturated rings. The maximum atomic E-state index is 11.1. The van der Waals surface area contributed by atoms with E-state index in [1.807, 2.05) is 12.1 Å². The van der Waals surface area contributed by atoms with Crippen molar-refractivity contribution in [2.75, 3.05) is 36.9 Å². The molecule has 0 amide bonds. The number of likely N-dealkylation sites (N-methyl/N-ethyl adjacent to an activating group) is 1. The quantitative estimate of drug-likeness (QED) is 0.241. The molecule has 10 heteroatoms. The third-order valence-electron chi connectivity index (χ3n) is 6.49. The maximum absolute atomic E-state index is 11.1. The Morgan fingerprint density at radius 1 is 1.22 bits per heavy atom. The molecule has 2 N–H and O–H groups in total. The highest BCUT2D eigenvalue weighted by molar-refractivity contribution is 5.82. The summed E-state index contributed by atoms with van der Waals surface area (Å²) in [5.41, 5.74) is 2.56. The van der Waals surface area contributed by atoms with E-state index in [-0.39, 0.29) is 5.69 Å². The predicted molar refractivity (Wildman–Crippen MR) is 140 cm³/mol. The minimum absolute atomic E-state index is 0.0500. The topological polar surface area (TPSA) is 112 Å². The van der Waals surface area contributed by atoms with Crippen LogP contribution in [0.3, 0.4) is 0 Å². The average molecular weight is 488 g/mol. The van der Waals surface area contributed by atoms with Crippen LogP contribution in [0.4, 0.5) is 23.0 Å². The number of nitrogens with one attached hydrogen (secondary N) is 2. The van der Waals surface area contributed by atoms with Crippen LogP contribution in [-0.2, 0) is 0 Å². The second-order valence-electron chi connectivity index (χ2n) is 8.97. The number of non-ortho nitro benzene ring substituents is 1. The van der Waals surface area contributed by atoms with Gasteiger partial charge in [-0.1, -0.05) is 13.0 Å². The van der Waals surface area contributed by atoms with Gasteiger partial charge in [-0.2, -0.15) is 9.97 Å². The molecule has 0 spiro atoms. The lowest BCUT2D eigenvalue weighted by Gasteiger charge is -2.27. The predicted octanol–water partition coefficient (Wildman–Crippen LogP) is 5.32. The zero-order valence-corrected chi connectivity index (χ0v) is 20.3. The summed E-state index contributed by atoms with van der Waals surface area (Å²) in [6, 6.07) is 16.5. The van der Waals surface area contributed by atoms with Crippen LogP contribution >= 0.6 is 0 Å². The lowest BCUT2D eigenvalue weighted by Crippen LogP contribution is -2.34. The summed E-state index contributed by atoms with van der Waals surface area (Å²) in [5, 5.41) is 15.0. The van der Waals surface area contributed by atoms with Crippen LogP contribution in [0.5, 0.6) is 11.6 Å². The van der Waals surface area contributed by atoms with Gasteiger partial charge < -0.3 is 24.8 Å². The normalized spacial score (nSPS) is 15.8. The van der Waals surface area contributed by atoms with Crippen molar-refractivity contribution in [3.05, 3.63) is 70.9 Å². The molecule has 0 saturated carbocycles. The minimum atomic E-state index is -0.458. The summed E-state index contributed by atoms with van der Waals surface area (Å²) < 4.78 is 5.93. The molecule has 2 aromatic carbocycles. The van der Waals surface area contributed by atoms with Gasteiger partial charge in [0, 0.05) is 49.8 Å². The fourth-order valence-electron chi connectivity index (χ4n) is 4.59. The molecule has 0 unspecified atom stereocenters. The number of H-pyrrole nitrogens is 1. The van der Waals surface area contributed by atoms with Gasteiger partial charge in [0.25, 0.3) is 5.69 Å². The number of aromatic amines is 1. The first-order chi connectivity index (χ1) is 17.5. The number of nitro benzene ring substituents is 1. The summed E-state index contributed by atoms with van der Waals surface area (Å²) in [4.78, 5) is 27.7. The van der Waals surface area contributed by atoms with E-state index >= 15 is 0 Å². The van der Waals surface area contributed by atoms with E-state index in [9.17, 15) is 10.1 Å². The van der Waals surface area contributed by atoms with E-state index in [2.05, 4.69) is 56.2 Å². The van der Waals surface area contributed by atoms with Gasteiger partial charge in [0.1, 0.15) is 11.4 Å². The molecule has 3 heterocycles. The van der Waals surface area contributed by atoms with Crippen molar-refractivity contribution in [2.24, 2.45) is 0 Å². The van der Waals surface area contributed by atoms with Crippen molar-refractivity contribution < 1.29 is 9.66 Å². The summed E-state index contributed by atoms with van der Waals surface area (Å²) in [7, 11) is 2.16. The lowest BCUT2D eigenvalue weighted by molar-refractivity contribution is -0.384. The van der Waals surface area contributed by atoms with Crippen LogP contribution in [0, 0.1) is 10.1 Å². The smallest absolute Gasteiger partial charge is 0.273 e. The van der Waals surface area contributed by atoms with Crippen LogP contribution in [0.1, 0.15) is 19.8 Å². The van der Waals surface area contributed by atoms with Crippen molar-refractivity contribution in [3.63, 3.8) is 0 Å². The number of ether oxygens (including phenoxy) is 1. The summed E-state index contributed by atoms with van der Waals surface area (Å²) >= 11 is 0. The average Bonchev–Trinajstić information content (AvgIpc) is 3.54. The van der Waals surface area contributed by atoms with Gasteiger partial charge in [-0.05, 0) is 55.8 Å². The zero-order chi connectivity index (χ0) is 25.1. The van der Waals surface area contributed by atoms with Crippen molar-refractivity contribution in [3.8, 4) is 11.6 Å². The number of hydrogen-bond acceptors (Lipinski definition) is 8. The van der Waals surface area contributed by atoms with E-state index in [4.69, 9.17) is 4.74 Å². The first kappa shape index (κ1) is 23.6. The van der Waals surface area contributed by atoms with Crippen LogP contribution < -0.4 is 15.0 Å². The van der Waals surface area contributed by atoms with Gasteiger partial charge in [-0.25, -0.2) is 0 Å². The lowest BCUT2D eigenvalue weighted by atomic mass is 10.2. The fourth-order valence-corrected chi connectivity index (χ4v) is 4.59. The van der Waals surface area contributed by atoms with Crippen LogP contribution in [-0.4, -0.2) is 57.5 Å². The monoisotopic (exact) mass is 487 g/mol. The first-order valence-corrected chi connectivity index (χ1v) is 12.1. The molecule has 5 rings (SSSR count). The molecule has 1 aliphatic heterocycles. The van der Waals surface area contributed by atoms with Crippen molar-refractivity contribution in [1.82, 2.24) is 19.9 Å². The Labute approximate surface area is 209 Å². The number of benzene rings is 2. The number of nitrogens with zero attached hydrogens (tertiary/aromatic N) is 5. The van der Waals surface area contributed by atoms with Gasteiger partial charge >= 0.3 is 0 Å². The zero-order valence-electron chi connectivity index (χ0n) is 20.3. The Morgan fingerprint density at radius 2 is 2.06 bits per heavy atom. The highest BCUT2D eigenvalue weighted by Crippen LogP contribution is 2.31. The van der Waals surface area contributed by atoms with Gasteiger partial charge in [0.05, 0.1) is 16.4 Å². The van der Waals surface area contributed by atoms with Crippen LogP contribution in [0.25, 0.3) is 11.0 Å². The molecule has 1 atom stereocenters. The summed E-state index contributed by atoms with van der Waals surface area (Å²) in [6.45, 7) is 5.64. The molecule has 4 aromatic rings. The maximum Gasteiger partial charge on any atom is 0.273 e. The third kappa shape index (κ3) is 5.08. The van der Waals surface area contributed by atoms with Gasteiger partial charge in [0.2, 0.25) is 11.8 Å². The molecule has 2 aromatic heterocycles. The number of likely N-dealkylation sites (tertiary alicyclic amines) is 1. The number of nitro groups is 1. The molecule has 0 bridgehead atoms. The van der Waals surface area contributed by atoms with Gasteiger partial charge in [-0.15, -0.1) is 0 Å². The van der Waals surface area contributed by atoms with E-state index in [0.717, 1.165) is 25.3 Å². The van der Waals surface area contributed by atoms with Crippen molar-refractivity contribution in [1.29, 1.82) is 0 Å². The van der Waals surface area contributed by atoms with E-state index < -0.39 is 4.92 Å². The third-order valence-corrected chi connectivity index (χ3v) is 6.49. The molecule has 36 heavy (non-hydrogen) atoms. The molecule has 10 nitrogen and oxygen atoms in total. The van der Waals surface area contributed by atoms with E-state index in [1.165, 1.54) is 30.7 Å². The number of aromatic nitrogens is 3. The summed E-state index contributed by atoms with van der Waals surface area (Å²) in [5.74, 6) is 0.990. The molecule has 0 aliphatic carbocycles. The number of fused-ring (bicyclic) bond motifs is 1.